The Morgan fingerprint density at radius 1 is 1.06 bits per heavy atom. The van der Waals surface area contributed by atoms with Gasteiger partial charge in [-0.15, -0.1) is 0 Å². The summed E-state index contributed by atoms with van der Waals surface area (Å²) in [4.78, 5) is 36.8. The molecule has 2 aromatic carbocycles. The molecule has 8 heteroatoms. The quantitative estimate of drug-likeness (QED) is 0.241. The van der Waals surface area contributed by atoms with Gasteiger partial charge in [0.15, 0.2) is 0 Å². The molecule has 1 amide bonds. The van der Waals surface area contributed by atoms with Crippen LogP contribution in [0.1, 0.15) is 54.7 Å². The first-order valence-electron chi connectivity index (χ1n) is 12.3. The zero-order valence-electron chi connectivity index (χ0n) is 20.0. The molecule has 1 aliphatic rings. The van der Waals surface area contributed by atoms with Crippen LogP contribution in [0.15, 0.2) is 48.5 Å². The van der Waals surface area contributed by atoms with E-state index < -0.39 is 12.0 Å². The average molecular weight is 482 g/mol. The van der Waals surface area contributed by atoms with Gasteiger partial charge < -0.3 is 26.3 Å². The second kappa shape index (κ2) is 13.6. The highest BCUT2D eigenvalue weighted by Gasteiger charge is 2.27. The van der Waals surface area contributed by atoms with E-state index in [1.165, 1.54) is 5.56 Å². The average Bonchev–Trinajstić information content (AvgIpc) is 2.87. The third-order valence-corrected chi connectivity index (χ3v) is 6.10. The van der Waals surface area contributed by atoms with Crippen LogP contribution in [0.5, 0.6) is 5.75 Å². The molecule has 0 aromatic heterocycles. The summed E-state index contributed by atoms with van der Waals surface area (Å²) in [5.74, 6) is -0.719. The molecule has 0 radical (unpaired) electrons. The fourth-order valence-corrected chi connectivity index (χ4v) is 4.18. The van der Waals surface area contributed by atoms with E-state index in [0.717, 1.165) is 43.2 Å². The summed E-state index contributed by atoms with van der Waals surface area (Å²) in [5.41, 5.74) is 14.2. The normalized spacial score (nSPS) is 15.5. The molecule has 0 aliphatic heterocycles. The second-order valence-electron chi connectivity index (χ2n) is 8.79. The minimum Gasteiger partial charge on any atom is -0.463 e. The fraction of sp³-hybridized carbons (Fsp3) is 0.444. The van der Waals surface area contributed by atoms with Crippen molar-refractivity contribution in [2.45, 2.75) is 56.9 Å². The lowest BCUT2D eigenvalue weighted by molar-refractivity contribution is -0.145. The zero-order valence-corrected chi connectivity index (χ0v) is 20.0. The van der Waals surface area contributed by atoms with Crippen LogP contribution in [-0.4, -0.2) is 43.6 Å². The number of hydrogen-bond acceptors (Lipinski definition) is 7. The van der Waals surface area contributed by atoms with Crippen molar-refractivity contribution in [3.05, 3.63) is 65.2 Å². The molecule has 188 valence electrons. The van der Waals surface area contributed by atoms with Crippen molar-refractivity contribution in [1.82, 2.24) is 5.32 Å². The Kier molecular flexibility index (Phi) is 10.3. The zero-order chi connectivity index (χ0) is 25.0. The molecule has 2 unspecified atom stereocenters. The molecule has 0 heterocycles. The topological polar surface area (TPSA) is 134 Å². The molecule has 8 nitrogen and oxygen atoms in total. The largest absolute Gasteiger partial charge is 0.463 e. The maximum absolute atomic E-state index is 12.8. The van der Waals surface area contributed by atoms with E-state index >= 15 is 0 Å². The highest BCUT2D eigenvalue weighted by atomic mass is 16.5. The summed E-state index contributed by atoms with van der Waals surface area (Å²) in [7, 11) is 0. The first kappa shape index (κ1) is 26.4. The van der Waals surface area contributed by atoms with Gasteiger partial charge in [0.2, 0.25) is 5.91 Å². The number of carbonyl (C=O) groups excluding carboxylic acids is 3. The Labute approximate surface area is 206 Å². The summed E-state index contributed by atoms with van der Waals surface area (Å²) < 4.78 is 10.7. The lowest BCUT2D eigenvalue weighted by Gasteiger charge is -2.23. The van der Waals surface area contributed by atoms with Gasteiger partial charge in [0.25, 0.3) is 0 Å². The molecule has 5 N–H and O–H groups in total. The number of amides is 1. The summed E-state index contributed by atoms with van der Waals surface area (Å²) in [5, 5.41) is 2.72. The molecule has 3 rings (SSSR count). The van der Waals surface area contributed by atoms with Gasteiger partial charge in [-0.3, -0.25) is 14.4 Å². The van der Waals surface area contributed by atoms with E-state index in [9.17, 15) is 14.4 Å². The first-order chi connectivity index (χ1) is 17.0. The van der Waals surface area contributed by atoms with Crippen molar-refractivity contribution in [2.75, 3.05) is 19.7 Å². The molecule has 0 spiro atoms. The van der Waals surface area contributed by atoms with Gasteiger partial charge in [0, 0.05) is 0 Å². The van der Waals surface area contributed by atoms with Gasteiger partial charge in [-0.1, -0.05) is 42.8 Å². The number of fused-ring (bicyclic) bond motifs is 1. The predicted octanol–water partition coefficient (Wildman–Crippen LogP) is 2.37. The van der Waals surface area contributed by atoms with Crippen LogP contribution in [0, 0.1) is 0 Å². The van der Waals surface area contributed by atoms with E-state index in [1.54, 1.807) is 24.3 Å². The number of aryl methyl sites for hydroxylation is 1. The molecule has 0 fully saturated rings. The first-order valence-corrected chi connectivity index (χ1v) is 12.3. The van der Waals surface area contributed by atoms with Crippen LogP contribution < -0.4 is 21.5 Å². The highest BCUT2D eigenvalue weighted by molar-refractivity contribution is 5.81. The predicted molar refractivity (Wildman–Crippen MR) is 133 cm³/mol. The van der Waals surface area contributed by atoms with Crippen LogP contribution in [0.2, 0.25) is 0 Å². The maximum Gasteiger partial charge on any atom is 0.322 e. The number of hydrogen-bond donors (Lipinski definition) is 3. The van der Waals surface area contributed by atoms with Crippen molar-refractivity contribution in [3.63, 3.8) is 0 Å². The molecule has 2 aromatic rings. The van der Waals surface area contributed by atoms with Crippen molar-refractivity contribution >= 4 is 17.8 Å². The summed E-state index contributed by atoms with van der Waals surface area (Å²) in [6, 6.07) is 14.3. The van der Waals surface area contributed by atoms with E-state index in [1.807, 2.05) is 18.2 Å². The SMILES string of the molecule is NCCCCC(N)C(=O)OCCNC(=O)Cc1ccc(OC(=O)C2CCCc3ccccc32)cc1. The third-order valence-electron chi connectivity index (χ3n) is 6.10. The smallest absolute Gasteiger partial charge is 0.322 e. The number of ether oxygens (including phenoxy) is 2. The number of esters is 2. The summed E-state index contributed by atoms with van der Waals surface area (Å²) in [6.45, 7) is 0.837. The van der Waals surface area contributed by atoms with Gasteiger partial charge in [-0.2, -0.15) is 0 Å². The minimum atomic E-state index is -0.669. The van der Waals surface area contributed by atoms with Gasteiger partial charge in [-0.25, -0.2) is 0 Å². The number of rotatable bonds is 12. The van der Waals surface area contributed by atoms with Crippen LogP contribution in [-0.2, 0) is 32.0 Å². The molecule has 0 bridgehead atoms. The third kappa shape index (κ3) is 8.19. The fourth-order valence-electron chi connectivity index (χ4n) is 4.18. The number of nitrogens with one attached hydrogen (secondary N) is 1. The molecule has 0 saturated carbocycles. The lowest BCUT2D eigenvalue weighted by atomic mass is 9.83. The van der Waals surface area contributed by atoms with E-state index in [0.29, 0.717) is 18.7 Å². The Hall–Kier alpha value is -3.23. The van der Waals surface area contributed by atoms with Crippen LogP contribution in [0.25, 0.3) is 0 Å². The maximum atomic E-state index is 12.8. The van der Waals surface area contributed by atoms with E-state index in [-0.39, 0.29) is 37.4 Å². The van der Waals surface area contributed by atoms with Crippen molar-refractivity contribution in [2.24, 2.45) is 11.5 Å². The number of benzene rings is 2. The molecule has 2 atom stereocenters. The number of nitrogens with two attached hydrogens (primary N) is 2. The van der Waals surface area contributed by atoms with Crippen LogP contribution in [0.3, 0.4) is 0 Å². The van der Waals surface area contributed by atoms with Gasteiger partial charge in [0.1, 0.15) is 18.4 Å². The monoisotopic (exact) mass is 481 g/mol. The van der Waals surface area contributed by atoms with Crippen molar-refractivity contribution in [3.8, 4) is 5.75 Å². The Bertz CT molecular complexity index is 993. The molecule has 0 saturated heterocycles. The number of carbonyl (C=O) groups is 3. The van der Waals surface area contributed by atoms with Gasteiger partial charge >= 0.3 is 11.9 Å². The molecular weight excluding hydrogens is 446 g/mol. The van der Waals surface area contributed by atoms with E-state index in [4.69, 9.17) is 20.9 Å². The second-order valence-corrected chi connectivity index (χ2v) is 8.79. The van der Waals surface area contributed by atoms with Crippen molar-refractivity contribution < 1.29 is 23.9 Å². The Balaban J connectivity index is 1.38. The summed E-state index contributed by atoms with van der Waals surface area (Å²) >= 11 is 0. The highest BCUT2D eigenvalue weighted by Crippen LogP contribution is 2.32. The molecule has 1 aliphatic carbocycles. The summed E-state index contributed by atoms with van der Waals surface area (Å²) in [6.07, 6.45) is 5.02. The van der Waals surface area contributed by atoms with Crippen LogP contribution in [0.4, 0.5) is 0 Å². The lowest BCUT2D eigenvalue weighted by Crippen LogP contribution is -2.35. The Morgan fingerprint density at radius 3 is 2.60 bits per heavy atom. The molecular formula is C27H35N3O5. The van der Waals surface area contributed by atoms with Gasteiger partial charge in [0.05, 0.1) is 18.9 Å². The standard InChI is InChI=1S/C27H35N3O5/c28-15-4-3-10-24(29)27(33)34-17-16-30-25(31)18-19-11-13-21(14-12-19)35-26(32)23-9-5-7-20-6-1-2-8-22(20)23/h1-2,6,8,11-14,23-24H,3-5,7,9-10,15-18,28-29H2,(H,30,31). The Morgan fingerprint density at radius 2 is 1.83 bits per heavy atom. The minimum absolute atomic E-state index is 0.0638. The van der Waals surface area contributed by atoms with Gasteiger partial charge in [-0.05, 0) is 67.5 Å². The van der Waals surface area contributed by atoms with Crippen molar-refractivity contribution in [1.29, 1.82) is 0 Å². The molecule has 35 heavy (non-hydrogen) atoms. The van der Waals surface area contributed by atoms with E-state index in [2.05, 4.69) is 11.4 Å². The number of unbranched alkanes of at least 4 members (excludes halogenated alkanes) is 1. The van der Waals surface area contributed by atoms with Crippen LogP contribution >= 0.6 is 0 Å².